The van der Waals surface area contributed by atoms with Crippen molar-refractivity contribution in [3.8, 4) is 0 Å². The minimum Gasteiger partial charge on any atom is -0.357 e. The molecule has 3 heteroatoms. The van der Waals surface area contributed by atoms with Gasteiger partial charge in [-0.25, -0.2) is 4.98 Å². The van der Waals surface area contributed by atoms with Crippen LogP contribution in [0.5, 0.6) is 0 Å². The van der Waals surface area contributed by atoms with Crippen LogP contribution in [0.15, 0.2) is 18.3 Å². The average Bonchev–Trinajstić information content (AvgIpc) is 2.29. The maximum atomic E-state index is 5.83. The molecule has 0 aliphatic carbocycles. The van der Waals surface area contributed by atoms with Gasteiger partial charge in [0, 0.05) is 25.3 Å². The van der Waals surface area contributed by atoms with E-state index in [0.717, 1.165) is 24.5 Å². The number of rotatable bonds is 2. The van der Waals surface area contributed by atoms with Gasteiger partial charge in [-0.2, -0.15) is 0 Å². The van der Waals surface area contributed by atoms with E-state index in [1.54, 1.807) is 0 Å². The largest absolute Gasteiger partial charge is 0.357 e. The van der Waals surface area contributed by atoms with Crippen LogP contribution in [0, 0.1) is 0 Å². The first-order chi connectivity index (χ1) is 8.27. The second-order valence-corrected chi connectivity index (χ2v) is 4.99. The molecule has 1 atom stereocenters. The van der Waals surface area contributed by atoms with Crippen LogP contribution < -0.4 is 10.6 Å². The molecule has 0 aromatic carbocycles. The standard InChI is InChI=1S/C14H23N3/c1-12(15)13-7-8-14(16-11-13)17-9-5-3-2-4-6-10-17/h7-8,11-12H,2-6,9-10,15H2,1H3. The minimum atomic E-state index is 0.0730. The van der Waals surface area contributed by atoms with E-state index in [4.69, 9.17) is 5.73 Å². The average molecular weight is 233 g/mol. The highest BCUT2D eigenvalue weighted by molar-refractivity contribution is 5.39. The van der Waals surface area contributed by atoms with Gasteiger partial charge in [0.2, 0.25) is 0 Å². The van der Waals surface area contributed by atoms with E-state index < -0.39 is 0 Å². The van der Waals surface area contributed by atoms with Crippen molar-refractivity contribution in [3.05, 3.63) is 23.9 Å². The lowest BCUT2D eigenvalue weighted by atomic mass is 10.1. The molecule has 0 amide bonds. The number of nitrogens with zero attached hydrogens (tertiary/aromatic N) is 2. The zero-order valence-corrected chi connectivity index (χ0v) is 10.7. The summed E-state index contributed by atoms with van der Waals surface area (Å²) in [6, 6.07) is 4.29. The van der Waals surface area contributed by atoms with Crippen molar-refractivity contribution in [1.82, 2.24) is 4.98 Å². The Morgan fingerprint density at radius 3 is 2.29 bits per heavy atom. The van der Waals surface area contributed by atoms with Crippen molar-refractivity contribution >= 4 is 5.82 Å². The topological polar surface area (TPSA) is 42.1 Å². The van der Waals surface area contributed by atoms with E-state index in [9.17, 15) is 0 Å². The quantitative estimate of drug-likeness (QED) is 0.854. The lowest BCUT2D eigenvalue weighted by Gasteiger charge is -2.26. The SMILES string of the molecule is CC(N)c1ccc(N2CCCCCCC2)nc1. The number of aromatic nitrogens is 1. The van der Waals surface area contributed by atoms with E-state index in [1.807, 2.05) is 13.1 Å². The number of hydrogen-bond acceptors (Lipinski definition) is 3. The third-order valence-corrected chi connectivity index (χ3v) is 3.48. The van der Waals surface area contributed by atoms with Crippen LogP contribution >= 0.6 is 0 Å². The van der Waals surface area contributed by atoms with E-state index in [2.05, 4.69) is 22.0 Å². The Bertz CT molecular complexity index is 324. The summed E-state index contributed by atoms with van der Waals surface area (Å²) in [5.41, 5.74) is 6.95. The van der Waals surface area contributed by atoms with Crippen LogP contribution in [0.25, 0.3) is 0 Å². The molecule has 1 unspecified atom stereocenters. The third kappa shape index (κ3) is 3.43. The van der Waals surface area contributed by atoms with Gasteiger partial charge in [0.1, 0.15) is 5.82 Å². The molecule has 0 radical (unpaired) electrons. The summed E-state index contributed by atoms with van der Waals surface area (Å²) in [5, 5.41) is 0. The molecule has 1 saturated heterocycles. The Balaban J connectivity index is 2.04. The van der Waals surface area contributed by atoms with Crippen LogP contribution in [-0.4, -0.2) is 18.1 Å². The number of pyridine rings is 1. The molecule has 2 N–H and O–H groups in total. The highest BCUT2D eigenvalue weighted by atomic mass is 15.2. The molecular formula is C14H23N3. The summed E-state index contributed by atoms with van der Waals surface area (Å²) >= 11 is 0. The van der Waals surface area contributed by atoms with Crippen molar-refractivity contribution in [3.63, 3.8) is 0 Å². The van der Waals surface area contributed by atoms with Crippen LogP contribution in [0.2, 0.25) is 0 Å². The van der Waals surface area contributed by atoms with Crippen molar-refractivity contribution in [2.75, 3.05) is 18.0 Å². The fraction of sp³-hybridized carbons (Fsp3) is 0.643. The predicted molar refractivity (Wildman–Crippen MR) is 72.1 cm³/mol. The Labute approximate surface area is 104 Å². The van der Waals surface area contributed by atoms with E-state index in [0.29, 0.717) is 0 Å². The molecule has 2 rings (SSSR count). The lowest BCUT2D eigenvalue weighted by Crippen LogP contribution is -2.27. The van der Waals surface area contributed by atoms with Gasteiger partial charge >= 0.3 is 0 Å². The summed E-state index contributed by atoms with van der Waals surface area (Å²) in [5.74, 6) is 1.11. The van der Waals surface area contributed by atoms with Crippen molar-refractivity contribution in [1.29, 1.82) is 0 Å². The second-order valence-electron chi connectivity index (χ2n) is 4.99. The fourth-order valence-corrected chi connectivity index (χ4v) is 2.33. The summed E-state index contributed by atoms with van der Waals surface area (Å²) in [4.78, 5) is 6.95. The lowest BCUT2D eigenvalue weighted by molar-refractivity contribution is 0.553. The fourth-order valence-electron chi connectivity index (χ4n) is 2.33. The summed E-state index contributed by atoms with van der Waals surface area (Å²) in [6.07, 6.45) is 8.60. The van der Waals surface area contributed by atoms with Gasteiger partial charge in [0.05, 0.1) is 0 Å². The Morgan fingerprint density at radius 1 is 1.12 bits per heavy atom. The van der Waals surface area contributed by atoms with Gasteiger partial charge < -0.3 is 10.6 Å². The normalized spacial score (nSPS) is 19.5. The van der Waals surface area contributed by atoms with Crippen LogP contribution in [-0.2, 0) is 0 Å². The molecule has 1 aromatic rings. The Morgan fingerprint density at radius 2 is 1.76 bits per heavy atom. The molecule has 0 bridgehead atoms. The third-order valence-electron chi connectivity index (χ3n) is 3.48. The molecule has 94 valence electrons. The highest BCUT2D eigenvalue weighted by Gasteiger charge is 2.10. The molecule has 1 aromatic heterocycles. The number of nitrogens with two attached hydrogens (primary N) is 1. The van der Waals surface area contributed by atoms with Gasteiger partial charge in [0.15, 0.2) is 0 Å². The number of anilines is 1. The van der Waals surface area contributed by atoms with E-state index in [-0.39, 0.29) is 6.04 Å². The maximum Gasteiger partial charge on any atom is 0.128 e. The summed E-state index contributed by atoms with van der Waals surface area (Å²) in [6.45, 7) is 4.28. The van der Waals surface area contributed by atoms with Gasteiger partial charge in [-0.3, -0.25) is 0 Å². The van der Waals surface area contributed by atoms with Gasteiger partial charge in [0.25, 0.3) is 0 Å². The number of hydrogen-bond donors (Lipinski definition) is 1. The monoisotopic (exact) mass is 233 g/mol. The molecule has 3 nitrogen and oxygen atoms in total. The predicted octanol–water partition coefficient (Wildman–Crippen LogP) is 2.87. The first-order valence-corrected chi connectivity index (χ1v) is 6.74. The Kier molecular flexibility index (Phi) is 4.37. The van der Waals surface area contributed by atoms with Crippen LogP contribution in [0.4, 0.5) is 5.82 Å². The molecular weight excluding hydrogens is 210 g/mol. The van der Waals surface area contributed by atoms with Crippen molar-refractivity contribution in [2.24, 2.45) is 5.73 Å². The maximum absolute atomic E-state index is 5.83. The van der Waals surface area contributed by atoms with Crippen LogP contribution in [0.1, 0.15) is 50.6 Å². The van der Waals surface area contributed by atoms with Gasteiger partial charge in [-0.15, -0.1) is 0 Å². The zero-order chi connectivity index (χ0) is 12.1. The van der Waals surface area contributed by atoms with E-state index >= 15 is 0 Å². The molecule has 0 saturated carbocycles. The summed E-state index contributed by atoms with van der Waals surface area (Å²) in [7, 11) is 0. The first kappa shape index (κ1) is 12.4. The molecule has 1 aliphatic rings. The first-order valence-electron chi connectivity index (χ1n) is 6.74. The summed E-state index contributed by atoms with van der Waals surface area (Å²) < 4.78 is 0. The second kappa shape index (κ2) is 6.01. The van der Waals surface area contributed by atoms with Crippen molar-refractivity contribution < 1.29 is 0 Å². The van der Waals surface area contributed by atoms with Crippen molar-refractivity contribution in [2.45, 2.75) is 45.1 Å². The van der Waals surface area contributed by atoms with Gasteiger partial charge in [-0.05, 0) is 31.4 Å². The van der Waals surface area contributed by atoms with Crippen LogP contribution in [0.3, 0.4) is 0 Å². The Hall–Kier alpha value is -1.09. The van der Waals surface area contributed by atoms with E-state index in [1.165, 1.54) is 32.1 Å². The molecule has 1 aliphatic heterocycles. The highest BCUT2D eigenvalue weighted by Crippen LogP contribution is 2.18. The van der Waals surface area contributed by atoms with Gasteiger partial charge in [-0.1, -0.05) is 25.3 Å². The molecule has 1 fully saturated rings. The molecule has 17 heavy (non-hydrogen) atoms. The smallest absolute Gasteiger partial charge is 0.128 e. The zero-order valence-electron chi connectivity index (χ0n) is 10.7. The molecule has 0 spiro atoms. The minimum absolute atomic E-state index is 0.0730. The molecule has 2 heterocycles.